The smallest absolute Gasteiger partial charge is 0.132 e. The fraction of sp³-hybridized carbons (Fsp3) is 0.444. The maximum absolute atomic E-state index is 5.78. The number of hydrogen-bond donors (Lipinski definition) is 1. The van der Waals surface area contributed by atoms with Crippen LogP contribution in [-0.2, 0) is 19.3 Å². The highest BCUT2D eigenvalue weighted by Gasteiger charge is 2.19. The van der Waals surface area contributed by atoms with Crippen LogP contribution in [0.5, 0.6) is 0 Å². The molecule has 1 aromatic carbocycles. The normalized spacial score (nSPS) is 17.6. The monoisotopic (exact) mass is 281 g/mol. The fourth-order valence-electron chi connectivity index (χ4n) is 3.26. The van der Waals surface area contributed by atoms with E-state index in [-0.39, 0.29) is 0 Å². The van der Waals surface area contributed by atoms with E-state index in [1.807, 2.05) is 6.20 Å². The second-order valence-corrected chi connectivity index (χ2v) is 6.28. The topological polar surface area (TPSA) is 51.8 Å². The van der Waals surface area contributed by atoms with Gasteiger partial charge in [0.1, 0.15) is 5.82 Å². The highest BCUT2D eigenvalue weighted by Crippen LogP contribution is 2.23. The van der Waals surface area contributed by atoms with E-state index in [1.165, 1.54) is 27.9 Å². The van der Waals surface area contributed by atoms with Crippen molar-refractivity contribution in [2.75, 3.05) is 6.54 Å². The second kappa shape index (κ2) is 5.94. The van der Waals surface area contributed by atoms with Gasteiger partial charge in [0, 0.05) is 18.3 Å². The van der Waals surface area contributed by atoms with Crippen LogP contribution in [0.1, 0.15) is 40.2 Å². The largest absolute Gasteiger partial charge is 0.330 e. The molecule has 2 aromatic rings. The number of benzene rings is 1. The standard InChI is InChI=1S/C18H23N3/c1-12-5-13(2)7-15(6-12)9-18-20-11-16-8-14(10-19)3-4-17(16)21-18/h5-7,11,14H,3-4,8-10,19H2,1-2H3. The van der Waals surface area contributed by atoms with Crippen molar-refractivity contribution in [2.24, 2.45) is 11.7 Å². The van der Waals surface area contributed by atoms with Crippen LogP contribution < -0.4 is 5.73 Å². The van der Waals surface area contributed by atoms with Gasteiger partial charge < -0.3 is 5.73 Å². The van der Waals surface area contributed by atoms with E-state index in [4.69, 9.17) is 10.7 Å². The molecule has 1 aliphatic rings. The van der Waals surface area contributed by atoms with Crippen LogP contribution in [-0.4, -0.2) is 16.5 Å². The molecule has 0 fully saturated rings. The van der Waals surface area contributed by atoms with Gasteiger partial charge in [0.15, 0.2) is 0 Å². The third-order valence-corrected chi connectivity index (χ3v) is 4.28. The van der Waals surface area contributed by atoms with Gasteiger partial charge in [0.05, 0.1) is 0 Å². The molecule has 0 saturated heterocycles. The van der Waals surface area contributed by atoms with E-state index in [9.17, 15) is 0 Å². The van der Waals surface area contributed by atoms with Crippen LogP contribution in [0.3, 0.4) is 0 Å². The van der Waals surface area contributed by atoms with E-state index in [0.29, 0.717) is 5.92 Å². The molecule has 3 heteroatoms. The first kappa shape index (κ1) is 14.2. The van der Waals surface area contributed by atoms with Crippen molar-refractivity contribution in [1.29, 1.82) is 0 Å². The van der Waals surface area contributed by atoms with Crippen LogP contribution >= 0.6 is 0 Å². The Kier molecular flexibility index (Phi) is 4.02. The molecule has 21 heavy (non-hydrogen) atoms. The lowest BCUT2D eigenvalue weighted by molar-refractivity contribution is 0.460. The minimum atomic E-state index is 0.603. The maximum atomic E-state index is 5.78. The molecule has 0 radical (unpaired) electrons. The molecule has 1 aromatic heterocycles. The zero-order chi connectivity index (χ0) is 14.8. The molecule has 1 atom stereocenters. The summed E-state index contributed by atoms with van der Waals surface area (Å²) in [6.07, 6.45) is 6.07. The van der Waals surface area contributed by atoms with Crippen molar-refractivity contribution >= 4 is 0 Å². The lowest BCUT2D eigenvalue weighted by atomic mass is 9.87. The van der Waals surface area contributed by atoms with Crippen LogP contribution in [0, 0.1) is 19.8 Å². The molecular weight excluding hydrogens is 258 g/mol. The number of nitrogens with zero attached hydrogens (tertiary/aromatic N) is 2. The van der Waals surface area contributed by atoms with Gasteiger partial charge in [-0.25, -0.2) is 9.97 Å². The minimum absolute atomic E-state index is 0.603. The van der Waals surface area contributed by atoms with Gasteiger partial charge in [-0.2, -0.15) is 0 Å². The Hall–Kier alpha value is -1.74. The Labute approximate surface area is 126 Å². The van der Waals surface area contributed by atoms with Crippen molar-refractivity contribution in [3.8, 4) is 0 Å². The summed E-state index contributed by atoms with van der Waals surface area (Å²) in [4.78, 5) is 9.35. The van der Waals surface area contributed by atoms with Gasteiger partial charge in [-0.15, -0.1) is 0 Å². The van der Waals surface area contributed by atoms with Crippen molar-refractivity contribution in [3.63, 3.8) is 0 Å². The average Bonchev–Trinajstić information content (AvgIpc) is 2.45. The molecule has 0 aliphatic heterocycles. The Morgan fingerprint density at radius 3 is 2.67 bits per heavy atom. The van der Waals surface area contributed by atoms with Gasteiger partial charge in [-0.05, 0) is 56.7 Å². The third-order valence-electron chi connectivity index (χ3n) is 4.28. The molecule has 1 aliphatic carbocycles. The van der Waals surface area contributed by atoms with Gasteiger partial charge in [-0.3, -0.25) is 0 Å². The van der Waals surface area contributed by atoms with Crippen molar-refractivity contribution < 1.29 is 0 Å². The lowest BCUT2D eigenvalue weighted by Gasteiger charge is -2.22. The number of aromatic nitrogens is 2. The molecule has 0 saturated carbocycles. The highest BCUT2D eigenvalue weighted by molar-refractivity contribution is 5.31. The summed E-state index contributed by atoms with van der Waals surface area (Å²) < 4.78 is 0. The van der Waals surface area contributed by atoms with E-state index >= 15 is 0 Å². The highest BCUT2D eigenvalue weighted by atomic mass is 14.9. The van der Waals surface area contributed by atoms with Gasteiger partial charge in [-0.1, -0.05) is 29.3 Å². The fourth-order valence-corrected chi connectivity index (χ4v) is 3.26. The molecule has 3 rings (SSSR count). The van der Waals surface area contributed by atoms with E-state index < -0.39 is 0 Å². The number of nitrogens with two attached hydrogens (primary N) is 1. The quantitative estimate of drug-likeness (QED) is 0.941. The Balaban J connectivity index is 1.81. The van der Waals surface area contributed by atoms with Crippen molar-refractivity contribution in [2.45, 2.75) is 39.5 Å². The summed E-state index contributed by atoms with van der Waals surface area (Å²) >= 11 is 0. The molecule has 0 spiro atoms. The summed E-state index contributed by atoms with van der Waals surface area (Å²) in [6, 6.07) is 6.64. The van der Waals surface area contributed by atoms with Crippen molar-refractivity contribution in [3.05, 3.63) is 58.2 Å². The van der Waals surface area contributed by atoms with Crippen molar-refractivity contribution in [1.82, 2.24) is 9.97 Å². The predicted octanol–water partition coefficient (Wildman–Crippen LogP) is 2.75. The van der Waals surface area contributed by atoms with Crippen LogP contribution in [0.25, 0.3) is 0 Å². The Morgan fingerprint density at radius 1 is 1.19 bits per heavy atom. The molecule has 1 unspecified atom stereocenters. The molecule has 1 heterocycles. The van der Waals surface area contributed by atoms with Gasteiger partial charge in [0.2, 0.25) is 0 Å². The first-order valence-electron chi connectivity index (χ1n) is 7.75. The zero-order valence-electron chi connectivity index (χ0n) is 12.9. The summed E-state index contributed by atoms with van der Waals surface area (Å²) in [5, 5.41) is 0. The average molecular weight is 281 g/mol. The molecule has 110 valence electrons. The molecule has 0 amide bonds. The molecule has 2 N–H and O–H groups in total. The van der Waals surface area contributed by atoms with E-state index in [2.05, 4.69) is 37.0 Å². The lowest BCUT2D eigenvalue weighted by Crippen LogP contribution is -2.23. The summed E-state index contributed by atoms with van der Waals surface area (Å²) in [5.41, 5.74) is 12.2. The van der Waals surface area contributed by atoms with E-state index in [1.54, 1.807) is 0 Å². The number of aryl methyl sites for hydroxylation is 3. The maximum Gasteiger partial charge on any atom is 0.132 e. The Bertz CT molecular complexity index is 629. The minimum Gasteiger partial charge on any atom is -0.330 e. The molecule has 0 bridgehead atoms. The first-order valence-corrected chi connectivity index (χ1v) is 7.75. The summed E-state index contributed by atoms with van der Waals surface area (Å²) in [6.45, 7) is 5.04. The van der Waals surface area contributed by atoms with E-state index in [0.717, 1.165) is 38.1 Å². The number of fused-ring (bicyclic) bond motifs is 1. The molecule has 3 nitrogen and oxygen atoms in total. The van der Waals surface area contributed by atoms with Gasteiger partial charge >= 0.3 is 0 Å². The Morgan fingerprint density at radius 2 is 1.95 bits per heavy atom. The SMILES string of the molecule is Cc1cc(C)cc(Cc2ncc3c(n2)CCC(CN)C3)c1. The third kappa shape index (κ3) is 3.30. The number of rotatable bonds is 3. The summed E-state index contributed by atoms with van der Waals surface area (Å²) in [7, 11) is 0. The number of hydrogen-bond acceptors (Lipinski definition) is 3. The van der Waals surface area contributed by atoms with Crippen LogP contribution in [0.2, 0.25) is 0 Å². The first-order chi connectivity index (χ1) is 10.1. The second-order valence-electron chi connectivity index (χ2n) is 6.28. The van der Waals surface area contributed by atoms with Crippen LogP contribution in [0.4, 0.5) is 0 Å². The summed E-state index contributed by atoms with van der Waals surface area (Å²) in [5.74, 6) is 1.54. The predicted molar refractivity (Wildman–Crippen MR) is 85.3 cm³/mol. The zero-order valence-corrected chi connectivity index (χ0v) is 12.9. The molecular formula is C18H23N3. The van der Waals surface area contributed by atoms with Gasteiger partial charge in [0.25, 0.3) is 0 Å². The van der Waals surface area contributed by atoms with Crippen LogP contribution in [0.15, 0.2) is 24.4 Å².